The molecule has 0 spiro atoms. The molecule has 1 aromatic heterocycles. The molecular formula is C15H17BrN2. The predicted octanol–water partition coefficient (Wildman–Crippen LogP) is 4.00. The van der Waals surface area contributed by atoms with Crippen LogP contribution in [0.3, 0.4) is 0 Å². The second-order valence-corrected chi connectivity index (χ2v) is 5.34. The van der Waals surface area contributed by atoms with E-state index in [1.165, 1.54) is 16.7 Å². The Morgan fingerprint density at radius 3 is 2.83 bits per heavy atom. The van der Waals surface area contributed by atoms with Crippen molar-refractivity contribution in [2.45, 2.75) is 26.4 Å². The summed E-state index contributed by atoms with van der Waals surface area (Å²) in [6, 6.07) is 10.8. The van der Waals surface area contributed by atoms with Gasteiger partial charge >= 0.3 is 0 Å². The van der Waals surface area contributed by atoms with Crippen molar-refractivity contribution in [3.8, 4) is 0 Å². The SMILES string of the molecule is Cc1ccc(CNC(C)c2cccnc2)c(Br)c1. The minimum absolute atomic E-state index is 0.298. The van der Waals surface area contributed by atoms with Gasteiger partial charge in [-0.1, -0.05) is 34.1 Å². The Morgan fingerprint density at radius 1 is 1.33 bits per heavy atom. The van der Waals surface area contributed by atoms with E-state index in [4.69, 9.17) is 0 Å². The fraction of sp³-hybridized carbons (Fsp3) is 0.267. The van der Waals surface area contributed by atoms with Crippen LogP contribution in [0.1, 0.15) is 29.7 Å². The summed E-state index contributed by atoms with van der Waals surface area (Å²) in [5, 5.41) is 3.51. The number of rotatable bonds is 4. The van der Waals surface area contributed by atoms with E-state index < -0.39 is 0 Å². The number of pyridine rings is 1. The van der Waals surface area contributed by atoms with Gasteiger partial charge < -0.3 is 5.32 Å². The molecule has 1 heterocycles. The predicted molar refractivity (Wildman–Crippen MR) is 78.4 cm³/mol. The maximum absolute atomic E-state index is 4.14. The number of benzene rings is 1. The summed E-state index contributed by atoms with van der Waals surface area (Å²) in [6.45, 7) is 5.09. The minimum Gasteiger partial charge on any atom is -0.306 e. The summed E-state index contributed by atoms with van der Waals surface area (Å²) >= 11 is 3.60. The summed E-state index contributed by atoms with van der Waals surface area (Å²) in [6.07, 6.45) is 3.70. The van der Waals surface area contributed by atoms with Crippen molar-refractivity contribution in [3.63, 3.8) is 0 Å². The molecule has 2 aromatic rings. The van der Waals surface area contributed by atoms with Crippen LogP contribution >= 0.6 is 15.9 Å². The van der Waals surface area contributed by atoms with Crippen molar-refractivity contribution >= 4 is 15.9 Å². The first kappa shape index (κ1) is 13.2. The van der Waals surface area contributed by atoms with E-state index in [2.05, 4.69) is 64.3 Å². The van der Waals surface area contributed by atoms with E-state index in [1.807, 2.05) is 12.3 Å². The van der Waals surface area contributed by atoms with Crippen molar-refractivity contribution in [3.05, 3.63) is 63.9 Å². The fourth-order valence-corrected chi connectivity index (χ4v) is 2.44. The lowest BCUT2D eigenvalue weighted by atomic mass is 10.1. The number of hydrogen-bond acceptors (Lipinski definition) is 2. The standard InChI is InChI=1S/C15H17BrN2/c1-11-5-6-14(15(16)8-11)10-18-12(2)13-4-3-7-17-9-13/h3-9,12,18H,10H2,1-2H3. The fourth-order valence-electron chi connectivity index (χ4n) is 1.81. The van der Waals surface area contributed by atoms with Gasteiger partial charge in [-0.3, -0.25) is 4.98 Å². The van der Waals surface area contributed by atoms with Crippen LogP contribution in [0.4, 0.5) is 0 Å². The van der Waals surface area contributed by atoms with Crippen LogP contribution in [0.25, 0.3) is 0 Å². The number of hydrogen-bond donors (Lipinski definition) is 1. The monoisotopic (exact) mass is 304 g/mol. The van der Waals surface area contributed by atoms with Gasteiger partial charge in [-0.15, -0.1) is 0 Å². The average molecular weight is 305 g/mol. The van der Waals surface area contributed by atoms with Gasteiger partial charge in [-0.05, 0) is 42.7 Å². The molecule has 0 aliphatic heterocycles. The molecule has 0 bridgehead atoms. The number of aromatic nitrogens is 1. The smallest absolute Gasteiger partial charge is 0.0315 e. The van der Waals surface area contributed by atoms with E-state index in [0.29, 0.717) is 6.04 Å². The molecule has 0 saturated heterocycles. The third-order valence-corrected chi connectivity index (χ3v) is 3.73. The topological polar surface area (TPSA) is 24.9 Å². The zero-order valence-corrected chi connectivity index (χ0v) is 12.2. The van der Waals surface area contributed by atoms with Crippen molar-refractivity contribution in [2.75, 3.05) is 0 Å². The molecule has 3 heteroatoms. The second-order valence-electron chi connectivity index (χ2n) is 4.48. The number of halogens is 1. The molecule has 0 aliphatic carbocycles. The summed E-state index contributed by atoms with van der Waals surface area (Å²) in [4.78, 5) is 4.14. The normalized spacial score (nSPS) is 12.4. The Bertz CT molecular complexity index is 511. The molecule has 0 aliphatic rings. The molecule has 0 amide bonds. The maximum atomic E-state index is 4.14. The highest BCUT2D eigenvalue weighted by Crippen LogP contribution is 2.19. The molecule has 18 heavy (non-hydrogen) atoms. The Balaban J connectivity index is 1.99. The summed E-state index contributed by atoms with van der Waals surface area (Å²) in [5.41, 5.74) is 3.75. The van der Waals surface area contributed by atoms with E-state index in [-0.39, 0.29) is 0 Å². The molecule has 1 atom stereocenters. The van der Waals surface area contributed by atoms with Crippen LogP contribution in [-0.4, -0.2) is 4.98 Å². The first-order chi connectivity index (χ1) is 8.66. The summed E-state index contributed by atoms with van der Waals surface area (Å²) in [7, 11) is 0. The highest BCUT2D eigenvalue weighted by Gasteiger charge is 2.06. The summed E-state index contributed by atoms with van der Waals surface area (Å²) < 4.78 is 1.16. The van der Waals surface area contributed by atoms with Gasteiger partial charge in [0.25, 0.3) is 0 Å². The average Bonchev–Trinajstić information content (AvgIpc) is 2.38. The van der Waals surface area contributed by atoms with Crippen molar-refractivity contribution in [2.24, 2.45) is 0 Å². The number of nitrogens with zero attached hydrogens (tertiary/aromatic N) is 1. The van der Waals surface area contributed by atoms with Crippen LogP contribution < -0.4 is 5.32 Å². The van der Waals surface area contributed by atoms with Crippen LogP contribution in [0.5, 0.6) is 0 Å². The first-order valence-electron chi connectivity index (χ1n) is 6.05. The Kier molecular flexibility index (Phi) is 4.50. The van der Waals surface area contributed by atoms with Gasteiger partial charge in [-0.2, -0.15) is 0 Å². The number of aryl methyl sites for hydroxylation is 1. The lowest BCUT2D eigenvalue weighted by Crippen LogP contribution is -2.18. The maximum Gasteiger partial charge on any atom is 0.0315 e. The van der Waals surface area contributed by atoms with Crippen LogP contribution in [0.15, 0.2) is 47.2 Å². The Hall–Kier alpha value is -1.19. The minimum atomic E-state index is 0.298. The van der Waals surface area contributed by atoms with Gasteiger partial charge in [0.05, 0.1) is 0 Å². The van der Waals surface area contributed by atoms with E-state index in [1.54, 1.807) is 6.20 Å². The zero-order valence-electron chi connectivity index (χ0n) is 10.7. The molecular weight excluding hydrogens is 288 g/mol. The van der Waals surface area contributed by atoms with E-state index in [9.17, 15) is 0 Å². The molecule has 1 N–H and O–H groups in total. The highest BCUT2D eigenvalue weighted by atomic mass is 79.9. The Morgan fingerprint density at radius 2 is 2.17 bits per heavy atom. The quantitative estimate of drug-likeness (QED) is 0.923. The van der Waals surface area contributed by atoms with Gasteiger partial charge in [0.1, 0.15) is 0 Å². The number of nitrogens with one attached hydrogen (secondary N) is 1. The third kappa shape index (κ3) is 3.40. The van der Waals surface area contributed by atoms with Crippen molar-refractivity contribution < 1.29 is 0 Å². The first-order valence-corrected chi connectivity index (χ1v) is 6.84. The van der Waals surface area contributed by atoms with Gasteiger partial charge in [0.2, 0.25) is 0 Å². The van der Waals surface area contributed by atoms with Crippen LogP contribution in [0.2, 0.25) is 0 Å². The second kappa shape index (κ2) is 6.12. The lowest BCUT2D eigenvalue weighted by molar-refractivity contribution is 0.572. The zero-order chi connectivity index (χ0) is 13.0. The van der Waals surface area contributed by atoms with Crippen molar-refractivity contribution in [1.29, 1.82) is 0 Å². The molecule has 1 aromatic carbocycles. The molecule has 0 saturated carbocycles. The van der Waals surface area contributed by atoms with Crippen molar-refractivity contribution in [1.82, 2.24) is 10.3 Å². The molecule has 0 radical (unpaired) electrons. The molecule has 1 unspecified atom stereocenters. The largest absolute Gasteiger partial charge is 0.306 e. The Labute approximate surface area is 117 Å². The third-order valence-electron chi connectivity index (χ3n) is 2.99. The van der Waals surface area contributed by atoms with Crippen LogP contribution in [-0.2, 0) is 6.54 Å². The summed E-state index contributed by atoms with van der Waals surface area (Å²) in [5.74, 6) is 0. The van der Waals surface area contributed by atoms with Gasteiger partial charge in [0.15, 0.2) is 0 Å². The van der Waals surface area contributed by atoms with E-state index in [0.717, 1.165) is 11.0 Å². The molecule has 2 nitrogen and oxygen atoms in total. The molecule has 94 valence electrons. The lowest BCUT2D eigenvalue weighted by Gasteiger charge is -2.14. The van der Waals surface area contributed by atoms with Gasteiger partial charge in [-0.25, -0.2) is 0 Å². The van der Waals surface area contributed by atoms with Crippen LogP contribution in [0, 0.1) is 6.92 Å². The van der Waals surface area contributed by atoms with Gasteiger partial charge in [0, 0.05) is 29.5 Å². The molecule has 2 rings (SSSR count). The molecule has 0 fully saturated rings. The van der Waals surface area contributed by atoms with E-state index >= 15 is 0 Å². The highest BCUT2D eigenvalue weighted by molar-refractivity contribution is 9.10.